The van der Waals surface area contributed by atoms with Gasteiger partial charge in [0, 0.05) is 11.5 Å². The van der Waals surface area contributed by atoms with Gasteiger partial charge in [-0.25, -0.2) is 0 Å². The Morgan fingerprint density at radius 3 is 1.71 bits per heavy atom. The number of thioether (sulfide) groups is 2. The van der Waals surface area contributed by atoms with E-state index >= 15 is 0 Å². The Morgan fingerprint density at radius 1 is 0.857 bits per heavy atom. The SMILES string of the molecule is [S-]/C1=C(\[S-])SCc2ccccc2CS1. The molecule has 1 aromatic rings. The van der Waals surface area contributed by atoms with Gasteiger partial charge in [-0.15, -0.1) is 0 Å². The van der Waals surface area contributed by atoms with Crippen LogP contribution >= 0.6 is 23.5 Å². The molecule has 1 heterocycles. The van der Waals surface area contributed by atoms with Crippen molar-refractivity contribution in [2.45, 2.75) is 11.5 Å². The molecule has 0 N–H and O–H groups in total. The van der Waals surface area contributed by atoms with E-state index in [-0.39, 0.29) is 0 Å². The highest BCUT2D eigenvalue weighted by molar-refractivity contribution is 8.16. The highest BCUT2D eigenvalue weighted by Gasteiger charge is 2.03. The second kappa shape index (κ2) is 4.75. The van der Waals surface area contributed by atoms with Crippen molar-refractivity contribution >= 4 is 48.8 Å². The van der Waals surface area contributed by atoms with Gasteiger partial charge < -0.3 is 25.3 Å². The fourth-order valence-corrected chi connectivity index (χ4v) is 3.68. The lowest BCUT2D eigenvalue weighted by atomic mass is 10.1. The van der Waals surface area contributed by atoms with Crippen LogP contribution in [0.2, 0.25) is 0 Å². The largest absolute Gasteiger partial charge is 0.774 e. The van der Waals surface area contributed by atoms with Gasteiger partial charge in [0.15, 0.2) is 0 Å². The molecule has 2 rings (SSSR count). The molecular formula is C10H8S4-2. The third kappa shape index (κ3) is 2.37. The van der Waals surface area contributed by atoms with Crippen molar-refractivity contribution in [2.24, 2.45) is 0 Å². The zero-order chi connectivity index (χ0) is 9.97. The summed E-state index contributed by atoms with van der Waals surface area (Å²) in [6.45, 7) is 0. The molecule has 74 valence electrons. The Labute approximate surface area is 104 Å². The average Bonchev–Trinajstić information content (AvgIpc) is 2.21. The second-order valence-corrected chi connectivity index (χ2v) is 6.23. The number of fused-ring (bicyclic) bond motifs is 1. The van der Waals surface area contributed by atoms with E-state index in [0.29, 0.717) is 0 Å². The van der Waals surface area contributed by atoms with E-state index in [1.54, 1.807) is 23.5 Å². The maximum Gasteiger partial charge on any atom is 0.0213 e. The molecule has 1 aliphatic rings. The van der Waals surface area contributed by atoms with Crippen molar-refractivity contribution in [1.29, 1.82) is 0 Å². The molecule has 0 atom stereocenters. The number of rotatable bonds is 0. The Morgan fingerprint density at radius 2 is 1.29 bits per heavy atom. The van der Waals surface area contributed by atoms with Crippen molar-refractivity contribution in [1.82, 2.24) is 0 Å². The third-order valence-electron chi connectivity index (χ3n) is 2.00. The van der Waals surface area contributed by atoms with Crippen molar-refractivity contribution in [3.63, 3.8) is 0 Å². The van der Waals surface area contributed by atoms with Crippen LogP contribution in [0.4, 0.5) is 0 Å². The van der Waals surface area contributed by atoms with Gasteiger partial charge in [0.05, 0.1) is 0 Å². The van der Waals surface area contributed by atoms with Crippen molar-refractivity contribution in [3.05, 3.63) is 43.9 Å². The fourth-order valence-electron chi connectivity index (χ4n) is 1.24. The van der Waals surface area contributed by atoms with Gasteiger partial charge in [0.25, 0.3) is 0 Å². The lowest BCUT2D eigenvalue weighted by Gasteiger charge is -2.27. The smallest absolute Gasteiger partial charge is 0.0213 e. The van der Waals surface area contributed by atoms with E-state index < -0.39 is 0 Å². The maximum absolute atomic E-state index is 5.21. The van der Waals surface area contributed by atoms with Crippen LogP contribution in [0.25, 0.3) is 0 Å². The summed E-state index contributed by atoms with van der Waals surface area (Å²) in [7, 11) is 0. The van der Waals surface area contributed by atoms with Crippen molar-refractivity contribution in [2.75, 3.05) is 0 Å². The minimum atomic E-state index is 0.875. The standard InChI is InChI=1S/C10H10S4/c11-9-10(12)14-6-8-4-2-1-3-7(8)5-13-9/h1-4,11-12H,5-6H2/p-2/b10-9-. The average molecular weight is 256 g/mol. The first-order valence-corrected chi connectivity index (χ1v) is 6.97. The summed E-state index contributed by atoms with van der Waals surface area (Å²) < 4.78 is 1.75. The van der Waals surface area contributed by atoms with Crippen LogP contribution in [0, 0.1) is 0 Å². The molecule has 0 aromatic heterocycles. The molecule has 1 aromatic carbocycles. The molecule has 0 amide bonds. The van der Waals surface area contributed by atoms with Crippen LogP contribution in [-0.2, 0) is 36.8 Å². The first-order valence-electron chi connectivity index (χ1n) is 4.18. The summed E-state index contributed by atoms with van der Waals surface area (Å²) in [6, 6.07) is 8.49. The van der Waals surface area contributed by atoms with E-state index in [2.05, 4.69) is 24.3 Å². The first kappa shape index (κ1) is 10.6. The molecule has 0 saturated carbocycles. The van der Waals surface area contributed by atoms with Crippen LogP contribution in [0.15, 0.2) is 32.7 Å². The van der Waals surface area contributed by atoms with Crippen LogP contribution in [0.1, 0.15) is 11.1 Å². The predicted octanol–water partition coefficient (Wildman–Crippen LogP) is 3.39. The van der Waals surface area contributed by atoms with Gasteiger partial charge in [0.2, 0.25) is 0 Å². The Hall–Kier alpha value is 0.100. The molecule has 0 radical (unpaired) electrons. The Balaban J connectivity index is 2.28. The molecule has 0 nitrogen and oxygen atoms in total. The second-order valence-electron chi connectivity index (χ2n) is 2.92. The summed E-state index contributed by atoms with van der Waals surface area (Å²) in [5.74, 6) is 1.91. The van der Waals surface area contributed by atoms with Gasteiger partial charge in [-0.05, 0) is 11.1 Å². The van der Waals surface area contributed by atoms with Gasteiger partial charge in [0.1, 0.15) is 0 Å². The molecule has 4 heteroatoms. The molecule has 14 heavy (non-hydrogen) atoms. The van der Waals surface area contributed by atoms with E-state index in [4.69, 9.17) is 25.3 Å². The van der Waals surface area contributed by atoms with Crippen LogP contribution in [-0.4, -0.2) is 0 Å². The van der Waals surface area contributed by atoms with Gasteiger partial charge >= 0.3 is 0 Å². The topological polar surface area (TPSA) is 0 Å². The lowest BCUT2D eigenvalue weighted by molar-refractivity contribution is 1.28. The minimum absolute atomic E-state index is 0.875. The quantitative estimate of drug-likeness (QED) is 0.652. The summed E-state index contributed by atoms with van der Waals surface area (Å²) in [5, 5.41) is 0. The van der Waals surface area contributed by atoms with Crippen LogP contribution in [0.3, 0.4) is 0 Å². The lowest BCUT2D eigenvalue weighted by Crippen LogP contribution is -1.94. The Kier molecular flexibility index (Phi) is 3.60. The summed E-state index contributed by atoms with van der Waals surface area (Å²) in [6.07, 6.45) is 0. The van der Waals surface area contributed by atoms with E-state index in [0.717, 1.165) is 20.0 Å². The summed E-state index contributed by atoms with van der Waals surface area (Å²) >= 11 is 13.8. The molecule has 0 bridgehead atoms. The minimum Gasteiger partial charge on any atom is -0.774 e. The monoisotopic (exact) mass is 256 g/mol. The maximum atomic E-state index is 5.21. The number of hydrogen-bond acceptors (Lipinski definition) is 4. The molecule has 0 spiro atoms. The van der Waals surface area contributed by atoms with Gasteiger partial charge in [-0.1, -0.05) is 24.3 Å². The van der Waals surface area contributed by atoms with Crippen LogP contribution < -0.4 is 0 Å². The normalized spacial score (nSPS) is 22.3. The van der Waals surface area contributed by atoms with Crippen molar-refractivity contribution in [3.8, 4) is 0 Å². The van der Waals surface area contributed by atoms with Crippen molar-refractivity contribution < 1.29 is 0 Å². The van der Waals surface area contributed by atoms with Crippen LogP contribution in [0.5, 0.6) is 0 Å². The van der Waals surface area contributed by atoms with E-state index in [1.165, 1.54) is 11.1 Å². The highest BCUT2D eigenvalue weighted by Crippen LogP contribution is 2.34. The fraction of sp³-hybridized carbons (Fsp3) is 0.200. The predicted molar refractivity (Wildman–Crippen MR) is 70.8 cm³/mol. The number of hydrogen-bond donors (Lipinski definition) is 0. The van der Waals surface area contributed by atoms with E-state index in [9.17, 15) is 0 Å². The highest BCUT2D eigenvalue weighted by atomic mass is 32.2. The summed E-state index contributed by atoms with van der Waals surface area (Å²) in [5.41, 5.74) is 2.77. The number of benzene rings is 1. The van der Waals surface area contributed by atoms with Gasteiger partial charge in [-0.2, -0.15) is 32.0 Å². The molecular weight excluding hydrogens is 248 g/mol. The third-order valence-corrected chi connectivity index (χ3v) is 5.48. The molecule has 1 aliphatic heterocycles. The molecule has 0 unspecified atom stereocenters. The van der Waals surface area contributed by atoms with E-state index in [1.807, 2.05) is 0 Å². The zero-order valence-electron chi connectivity index (χ0n) is 7.36. The van der Waals surface area contributed by atoms with Gasteiger partial charge in [-0.3, -0.25) is 0 Å². The molecule has 0 saturated heterocycles. The first-order chi connectivity index (χ1) is 6.77. The molecule has 0 fully saturated rings. The Bertz CT molecular complexity index is 335. The zero-order valence-corrected chi connectivity index (χ0v) is 10.6. The summed E-state index contributed by atoms with van der Waals surface area (Å²) in [4.78, 5) is 0. The molecule has 0 aliphatic carbocycles.